The molecule has 0 heterocycles. The average molecular weight is 303 g/mol. The van der Waals surface area contributed by atoms with Crippen LogP contribution in [0.25, 0.3) is 0 Å². The van der Waals surface area contributed by atoms with Gasteiger partial charge in [-0.2, -0.15) is 0 Å². The third-order valence-electron chi connectivity index (χ3n) is 3.88. The number of Topliss-reactive ketones (excluding diaryl/α,β-unsaturated/α-hetero) is 1. The van der Waals surface area contributed by atoms with Crippen molar-refractivity contribution in [2.24, 2.45) is 5.92 Å². The smallest absolute Gasteiger partial charge is 0.407 e. The first-order chi connectivity index (χ1) is 10.4. The van der Waals surface area contributed by atoms with Gasteiger partial charge in [-0.3, -0.25) is 4.79 Å². The minimum absolute atomic E-state index is 0.120. The molecule has 0 unspecified atom stereocenters. The fourth-order valence-corrected chi connectivity index (χ4v) is 2.99. The number of hydrogen-bond acceptors (Lipinski definition) is 3. The third kappa shape index (κ3) is 4.58. The molecular weight excluding hydrogens is 278 g/mol. The van der Waals surface area contributed by atoms with Crippen LogP contribution in [-0.2, 0) is 9.53 Å². The number of carbonyl (C=O) groups is 2. The van der Waals surface area contributed by atoms with E-state index in [1.807, 2.05) is 51.1 Å². The van der Waals surface area contributed by atoms with Crippen LogP contribution in [0.5, 0.6) is 0 Å². The van der Waals surface area contributed by atoms with Gasteiger partial charge in [0.25, 0.3) is 0 Å². The van der Waals surface area contributed by atoms with E-state index in [1.165, 1.54) is 0 Å². The van der Waals surface area contributed by atoms with E-state index < -0.39 is 11.7 Å². The van der Waals surface area contributed by atoms with Crippen molar-refractivity contribution < 1.29 is 14.3 Å². The van der Waals surface area contributed by atoms with Crippen molar-refractivity contribution in [2.75, 3.05) is 6.54 Å². The van der Waals surface area contributed by atoms with Crippen molar-refractivity contribution in [1.29, 1.82) is 0 Å². The molecule has 1 aromatic rings. The third-order valence-corrected chi connectivity index (χ3v) is 3.88. The van der Waals surface area contributed by atoms with Gasteiger partial charge in [0.2, 0.25) is 0 Å². The fraction of sp³-hybridized carbons (Fsp3) is 0.556. The second-order valence-electron chi connectivity index (χ2n) is 6.89. The Morgan fingerprint density at radius 3 is 2.59 bits per heavy atom. The standard InChI is InChI=1S/C18H25NO3/c1-18(2,3)22-17(21)19-12-14-10-7-11-15(20)16(14)13-8-5-4-6-9-13/h4-6,8-9,14,16H,7,10-12H2,1-3H3,(H,19,21)/t14-,16-/m1/s1. The van der Waals surface area contributed by atoms with Crippen LogP contribution in [0.15, 0.2) is 30.3 Å². The van der Waals surface area contributed by atoms with Gasteiger partial charge in [0.15, 0.2) is 0 Å². The maximum atomic E-state index is 12.3. The summed E-state index contributed by atoms with van der Waals surface area (Å²) in [6.07, 6.45) is 2.05. The zero-order valence-corrected chi connectivity index (χ0v) is 13.6. The topological polar surface area (TPSA) is 55.4 Å². The first-order valence-corrected chi connectivity index (χ1v) is 7.91. The number of ether oxygens (including phenoxy) is 1. The average Bonchev–Trinajstić information content (AvgIpc) is 2.44. The molecule has 2 atom stereocenters. The molecule has 4 nitrogen and oxygen atoms in total. The lowest BCUT2D eigenvalue weighted by atomic mass is 9.74. The van der Waals surface area contributed by atoms with Gasteiger partial charge in [-0.25, -0.2) is 4.79 Å². The molecule has 1 aliphatic rings. The molecule has 0 saturated heterocycles. The molecule has 1 aliphatic carbocycles. The maximum absolute atomic E-state index is 12.3. The van der Waals surface area contributed by atoms with Crippen LogP contribution in [-0.4, -0.2) is 24.0 Å². The van der Waals surface area contributed by atoms with Crippen LogP contribution in [0, 0.1) is 5.92 Å². The quantitative estimate of drug-likeness (QED) is 0.927. The van der Waals surface area contributed by atoms with Gasteiger partial charge in [0.1, 0.15) is 11.4 Å². The van der Waals surface area contributed by atoms with E-state index in [1.54, 1.807) is 0 Å². The highest BCUT2D eigenvalue weighted by Crippen LogP contribution is 2.35. The van der Waals surface area contributed by atoms with Gasteiger partial charge in [0, 0.05) is 18.9 Å². The summed E-state index contributed by atoms with van der Waals surface area (Å²) in [6, 6.07) is 9.85. The predicted molar refractivity (Wildman–Crippen MR) is 85.8 cm³/mol. The second kappa shape index (κ2) is 6.95. The number of hydrogen-bond donors (Lipinski definition) is 1. The number of alkyl carbamates (subject to hydrolysis) is 1. The summed E-state index contributed by atoms with van der Waals surface area (Å²) in [5, 5.41) is 2.82. The zero-order chi connectivity index (χ0) is 16.2. The molecule has 0 aromatic heterocycles. The van der Waals surface area contributed by atoms with E-state index in [0.29, 0.717) is 13.0 Å². The van der Waals surface area contributed by atoms with Crippen LogP contribution in [0.4, 0.5) is 4.79 Å². The number of rotatable bonds is 3. The van der Waals surface area contributed by atoms with Crippen molar-refractivity contribution in [3.05, 3.63) is 35.9 Å². The molecule has 2 rings (SSSR count). The predicted octanol–water partition coefficient (Wildman–Crippen LogP) is 3.66. The van der Waals surface area contributed by atoms with E-state index in [9.17, 15) is 9.59 Å². The van der Waals surface area contributed by atoms with Crippen LogP contribution in [0.2, 0.25) is 0 Å². The highest BCUT2D eigenvalue weighted by molar-refractivity contribution is 5.86. The van der Waals surface area contributed by atoms with Gasteiger partial charge in [-0.15, -0.1) is 0 Å². The molecule has 1 aromatic carbocycles. The van der Waals surface area contributed by atoms with Gasteiger partial charge >= 0.3 is 6.09 Å². The second-order valence-corrected chi connectivity index (χ2v) is 6.89. The minimum atomic E-state index is -0.509. The monoisotopic (exact) mass is 303 g/mol. The Kier molecular flexibility index (Phi) is 5.22. The van der Waals surface area contributed by atoms with Gasteiger partial charge in [-0.1, -0.05) is 30.3 Å². The van der Waals surface area contributed by atoms with Crippen molar-refractivity contribution in [2.45, 2.75) is 51.6 Å². The number of carbonyl (C=O) groups excluding carboxylic acids is 2. The Balaban J connectivity index is 2.01. The minimum Gasteiger partial charge on any atom is -0.444 e. The van der Waals surface area contributed by atoms with Gasteiger partial charge in [0.05, 0.1) is 0 Å². The van der Waals surface area contributed by atoms with E-state index in [4.69, 9.17) is 4.74 Å². The van der Waals surface area contributed by atoms with Gasteiger partial charge in [-0.05, 0) is 45.1 Å². The Morgan fingerprint density at radius 1 is 1.27 bits per heavy atom. The van der Waals surface area contributed by atoms with Crippen LogP contribution in [0.1, 0.15) is 51.5 Å². The first kappa shape index (κ1) is 16.5. The summed E-state index contributed by atoms with van der Waals surface area (Å²) < 4.78 is 5.26. The molecule has 4 heteroatoms. The Hall–Kier alpha value is -1.84. The summed E-state index contributed by atoms with van der Waals surface area (Å²) in [5.74, 6) is 0.287. The molecule has 22 heavy (non-hydrogen) atoms. The molecule has 0 radical (unpaired) electrons. The summed E-state index contributed by atoms with van der Waals surface area (Å²) in [7, 11) is 0. The van der Waals surface area contributed by atoms with Crippen LogP contribution in [0.3, 0.4) is 0 Å². The van der Waals surface area contributed by atoms with E-state index in [2.05, 4.69) is 5.32 Å². The Bertz CT molecular complexity index is 519. The van der Waals surface area contributed by atoms with E-state index in [-0.39, 0.29) is 17.6 Å². The molecule has 0 bridgehead atoms. The largest absolute Gasteiger partial charge is 0.444 e. The summed E-state index contributed by atoms with van der Waals surface area (Å²) >= 11 is 0. The lowest BCUT2D eigenvalue weighted by molar-refractivity contribution is -0.123. The van der Waals surface area contributed by atoms with E-state index in [0.717, 1.165) is 18.4 Å². The molecule has 1 saturated carbocycles. The molecular formula is C18H25NO3. The summed E-state index contributed by atoms with van der Waals surface area (Å²) in [6.45, 7) is 5.98. The van der Waals surface area contributed by atoms with Gasteiger partial charge < -0.3 is 10.1 Å². The fourth-order valence-electron chi connectivity index (χ4n) is 2.99. The van der Waals surface area contributed by atoms with Crippen molar-refractivity contribution in [3.63, 3.8) is 0 Å². The maximum Gasteiger partial charge on any atom is 0.407 e. The molecule has 1 N–H and O–H groups in total. The lowest BCUT2D eigenvalue weighted by Crippen LogP contribution is -2.39. The molecule has 120 valence electrons. The highest BCUT2D eigenvalue weighted by atomic mass is 16.6. The van der Waals surface area contributed by atoms with Crippen molar-refractivity contribution in [3.8, 4) is 0 Å². The molecule has 0 spiro atoms. The number of benzene rings is 1. The Labute approximate surface area is 132 Å². The molecule has 0 aliphatic heterocycles. The molecule has 1 amide bonds. The number of nitrogens with one attached hydrogen (secondary N) is 1. The van der Waals surface area contributed by atoms with Crippen molar-refractivity contribution in [1.82, 2.24) is 5.32 Å². The van der Waals surface area contributed by atoms with Crippen molar-refractivity contribution >= 4 is 11.9 Å². The SMILES string of the molecule is CC(C)(C)OC(=O)NC[C@H]1CCCC(=O)[C@@H]1c1ccccc1. The number of ketones is 1. The zero-order valence-electron chi connectivity index (χ0n) is 13.6. The first-order valence-electron chi connectivity index (χ1n) is 7.91. The van der Waals surface area contributed by atoms with Crippen LogP contribution < -0.4 is 5.32 Å². The highest BCUT2D eigenvalue weighted by Gasteiger charge is 2.33. The lowest BCUT2D eigenvalue weighted by Gasteiger charge is -2.31. The summed E-state index contributed by atoms with van der Waals surface area (Å²) in [5.41, 5.74) is 0.536. The van der Waals surface area contributed by atoms with E-state index >= 15 is 0 Å². The Morgan fingerprint density at radius 2 is 1.95 bits per heavy atom. The summed E-state index contributed by atoms with van der Waals surface area (Å²) in [4.78, 5) is 24.1. The number of amides is 1. The normalized spacial score (nSPS) is 22.2. The molecule has 1 fully saturated rings. The van der Waals surface area contributed by atoms with Crippen LogP contribution >= 0.6 is 0 Å².